The molecule has 0 saturated heterocycles. The standard InChI is InChI=1S/C18H15ClFN3O3S/c1-25-13-7-6-11(9-14-22-23-17(27-14)21-18(24)26-2)16(20)15(13)10-4-3-5-12(19)8-10/h3-8H,9H2,1-2H3,(H,21,23,24). The van der Waals surface area contributed by atoms with Gasteiger partial charge in [-0.15, -0.1) is 10.2 Å². The second-order valence-electron chi connectivity index (χ2n) is 5.42. The van der Waals surface area contributed by atoms with Gasteiger partial charge in [0.1, 0.15) is 16.6 Å². The van der Waals surface area contributed by atoms with E-state index in [2.05, 4.69) is 20.3 Å². The monoisotopic (exact) mass is 407 g/mol. The van der Waals surface area contributed by atoms with Crippen molar-refractivity contribution in [2.45, 2.75) is 6.42 Å². The number of hydrogen-bond donors (Lipinski definition) is 1. The molecule has 3 aromatic rings. The maximum Gasteiger partial charge on any atom is 0.413 e. The van der Waals surface area contributed by atoms with Gasteiger partial charge in [-0.1, -0.05) is 41.1 Å². The first-order valence-corrected chi connectivity index (χ1v) is 9.00. The van der Waals surface area contributed by atoms with Gasteiger partial charge in [-0.2, -0.15) is 0 Å². The van der Waals surface area contributed by atoms with Gasteiger partial charge in [-0.05, 0) is 29.3 Å². The quantitative estimate of drug-likeness (QED) is 0.659. The van der Waals surface area contributed by atoms with Gasteiger partial charge in [-0.3, -0.25) is 5.32 Å². The Morgan fingerprint density at radius 1 is 1.26 bits per heavy atom. The molecule has 0 unspecified atom stereocenters. The van der Waals surface area contributed by atoms with E-state index >= 15 is 4.39 Å². The molecule has 0 aliphatic heterocycles. The summed E-state index contributed by atoms with van der Waals surface area (Å²) in [6.07, 6.45) is -0.430. The minimum absolute atomic E-state index is 0.212. The molecule has 0 atom stereocenters. The van der Waals surface area contributed by atoms with Crippen LogP contribution in [0.2, 0.25) is 5.02 Å². The average Bonchev–Trinajstić information content (AvgIpc) is 3.09. The third kappa shape index (κ3) is 4.35. The van der Waals surface area contributed by atoms with E-state index in [1.165, 1.54) is 14.2 Å². The van der Waals surface area contributed by atoms with Crippen molar-refractivity contribution in [1.82, 2.24) is 10.2 Å². The van der Waals surface area contributed by atoms with E-state index in [1.54, 1.807) is 36.4 Å². The minimum atomic E-state index is -0.642. The van der Waals surface area contributed by atoms with Crippen LogP contribution in [-0.4, -0.2) is 30.5 Å². The van der Waals surface area contributed by atoms with Gasteiger partial charge in [0.15, 0.2) is 0 Å². The zero-order valence-corrected chi connectivity index (χ0v) is 16.0. The summed E-state index contributed by atoms with van der Waals surface area (Å²) in [7, 11) is 2.74. The Morgan fingerprint density at radius 2 is 2.07 bits per heavy atom. The first kappa shape index (κ1) is 19.1. The van der Waals surface area contributed by atoms with E-state index in [4.69, 9.17) is 16.3 Å². The smallest absolute Gasteiger partial charge is 0.413 e. The highest BCUT2D eigenvalue weighted by Crippen LogP contribution is 2.36. The first-order valence-electron chi connectivity index (χ1n) is 7.80. The maximum absolute atomic E-state index is 15.2. The summed E-state index contributed by atoms with van der Waals surface area (Å²) in [5, 5.41) is 11.6. The lowest BCUT2D eigenvalue weighted by molar-refractivity contribution is 0.187. The van der Waals surface area contributed by atoms with Crippen LogP contribution in [0.1, 0.15) is 10.6 Å². The molecule has 3 rings (SSSR count). The first-order chi connectivity index (χ1) is 13.0. The number of halogens is 2. The Hall–Kier alpha value is -2.71. The number of methoxy groups -OCH3 is 2. The summed E-state index contributed by atoms with van der Waals surface area (Å²) in [5.41, 5.74) is 1.37. The molecular weight excluding hydrogens is 393 g/mol. The highest BCUT2D eigenvalue weighted by molar-refractivity contribution is 7.15. The summed E-state index contributed by atoms with van der Waals surface area (Å²) in [4.78, 5) is 11.2. The SMILES string of the molecule is COC(=O)Nc1nnc(Cc2ccc(OC)c(-c3cccc(Cl)c3)c2F)s1. The van der Waals surface area contributed by atoms with Crippen LogP contribution >= 0.6 is 22.9 Å². The Balaban J connectivity index is 1.93. The average molecular weight is 408 g/mol. The molecule has 1 N–H and O–H groups in total. The number of carbonyl (C=O) groups is 1. The number of nitrogens with one attached hydrogen (secondary N) is 1. The Kier molecular flexibility index (Phi) is 5.88. The van der Waals surface area contributed by atoms with Crippen molar-refractivity contribution in [3.63, 3.8) is 0 Å². The van der Waals surface area contributed by atoms with Crippen LogP contribution in [-0.2, 0) is 11.2 Å². The van der Waals surface area contributed by atoms with E-state index in [0.29, 0.717) is 32.5 Å². The van der Waals surface area contributed by atoms with E-state index < -0.39 is 11.9 Å². The predicted octanol–water partition coefficient (Wildman–Crippen LogP) is 4.78. The van der Waals surface area contributed by atoms with Crippen molar-refractivity contribution in [3.8, 4) is 16.9 Å². The van der Waals surface area contributed by atoms with E-state index in [0.717, 1.165) is 11.3 Å². The topological polar surface area (TPSA) is 73.3 Å². The summed E-state index contributed by atoms with van der Waals surface area (Å²) in [5.74, 6) is -0.0156. The molecule has 140 valence electrons. The lowest BCUT2D eigenvalue weighted by atomic mass is 9.99. The molecule has 0 aliphatic rings. The third-order valence-electron chi connectivity index (χ3n) is 3.72. The van der Waals surface area contributed by atoms with Gasteiger partial charge >= 0.3 is 6.09 Å². The molecule has 0 aliphatic carbocycles. The second-order valence-corrected chi connectivity index (χ2v) is 6.92. The van der Waals surface area contributed by atoms with Crippen LogP contribution < -0.4 is 10.1 Å². The van der Waals surface area contributed by atoms with Crippen LogP contribution in [0.15, 0.2) is 36.4 Å². The molecule has 0 saturated carbocycles. The van der Waals surface area contributed by atoms with Crippen molar-refractivity contribution in [3.05, 3.63) is 57.8 Å². The summed E-state index contributed by atoms with van der Waals surface area (Å²) in [6.45, 7) is 0. The molecule has 1 aromatic heterocycles. The van der Waals surface area contributed by atoms with Crippen LogP contribution in [0, 0.1) is 5.82 Å². The van der Waals surface area contributed by atoms with Crippen molar-refractivity contribution in [1.29, 1.82) is 0 Å². The fourth-order valence-corrected chi connectivity index (χ4v) is 3.44. The lowest BCUT2D eigenvalue weighted by Gasteiger charge is -2.13. The van der Waals surface area contributed by atoms with Gasteiger partial charge in [-0.25, -0.2) is 9.18 Å². The number of nitrogens with zero attached hydrogens (tertiary/aromatic N) is 2. The summed E-state index contributed by atoms with van der Waals surface area (Å²) >= 11 is 7.18. The van der Waals surface area contributed by atoms with Crippen molar-refractivity contribution < 1.29 is 18.7 Å². The van der Waals surface area contributed by atoms with Gasteiger partial charge in [0.25, 0.3) is 0 Å². The lowest BCUT2D eigenvalue weighted by Crippen LogP contribution is -2.10. The molecule has 0 spiro atoms. The minimum Gasteiger partial charge on any atom is -0.496 e. The van der Waals surface area contributed by atoms with Gasteiger partial charge in [0.2, 0.25) is 5.13 Å². The van der Waals surface area contributed by atoms with Crippen molar-refractivity contribution in [2.24, 2.45) is 0 Å². The third-order valence-corrected chi connectivity index (χ3v) is 4.79. The van der Waals surface area contributed by atoms with Crippen LogP contribution in [0.5, 0.6) is 5.75 Å². The molecule has 6 nitrogen and oxygen atoms in total. The van der Waals surface area contributed by atoms with Crippen LogP contribution in [0.4, 0.5) is 14.3 Å². The van der Waals surface area contributed by atoms with Crippen molar-refractivity contribution >= 4 is 34.2 Å². The maximum atomic E-state index is 15.2. The van der Waals surface area contributed by atoms with Gasteiger partial charge < -0.3 is 9.47 Å². The zero-order valence-electron chi connectivity index (χ0n) is 14.5. The summed E-state index contributed by atoms with van der Waals surface area (Å²) < 4.78 is 25.1. The van der Waals surface area contributed by atoms with E-state index in [-0.39, 0.29) is 11.6 Å². The summed E-state index contributed by atoms with van der Waals surface area (Å²) in [6, 6.07) is 10.2. The van der Waals surface area contributed by atoms with Gasteiger partial charge in [0.05, 0.1) is 19.8 Å². The number of aromatic nitrogens is 2. The van der Waals surface area contributed by atoms with Crippen molar-refractivity contribution in [2.75, 3.05) is 19.5 Å². The molecule has 0 radical (unpaired) electrons. The fourth-order valence-electron chi connectivity index (χ4n) is 2.50. The number of anilines is 1. The highest BCUT2D eigenvalue weighted by Gasteiger charge is 2.18. The van der Waals surface area contributed by atoms with Crippen LogP contribution in [0.25, 0.3) is 11.1 Å². The number of benzene rings is 2. The fraction of sp³-hybridized carbons (Fsp3) is 0.167. The molecule has 9 heteroatoms. The van der Waals surface area contributed by atoms with Crippen LogP contribution in [0.3, 0.4) is 0 Å². The molecule has 0 bridgehead atoms. The number of hydrogen-bond acceptors (Lipinski definition) is 6. The molecule has 1 amide bonds. The molecule has 1 heterocycles. The Morgan fingerprint density at radius 3 is 2.78 bits per heavy atom. The number of rotatable bonds is 5. The molecule has 2 aromatic carbocycles. The highest BCUT2D eigenvalue weighted by atomic mass is 35.5. The molecule has 27 heavy (non-hydrogen) atoms. The number of amides is 1. The second kappa shape index (κ2) is 8.32. The van der Waals surface area contributed by atoms with Gasteiger partial charge in [0, 0.05) is 11.4 Å². The Bertz CT molecular complexity index is 980. The largest absolute Gasteiger partial charge is 0.496 e. The van der Waals surface area contributed by atoms with E-state index in [9.17, 15) is 4.79 Å². The normalized spacial score (nSPS) is 10.5. The number of carbonyl (C=O) groups excluding carboxylic acids is 1. The molecule has 0 fully saturated rings. The Labute approximate surface area is 163 Å². The van der Waals surface area contributed by atoms with E-state index in [1.807, 2.05) is 0 Å². The predicted molar refractivity (Wildman–Crippen MR) is 102 cm³/mol. The zero-order chi connectivity index (χ0) is 19.4. The number of ether oxygens (including phenoxy) is 2. The molecular formula is C18H15ClFN3O3S.